The lowest BCUT2D eigenvalue weighted by molar-refractivity contribution is -0.126. The molecule has 3 N–H and O–H groups in total. The Kier molecular flexibility index (Phi) is 4.37. The van der Waals surface area contributed by atoms with Gasteiger partial charge in [-0.15, -0.1) is 0 Å². The topological polar surface area (TPSA) is 84.7 Å². The Hall–Kier alpha value is -2.34. The minimum absolute atomic E-state index is 0.117. The van der Waals surface area contributed by atoms with Gasteiger partial charge < -0.3 is 9.64 Å². The number of nitrogens with two attached hydrogens (primary N) is 1. The van der Waals surface area contributed by atoms with Crippen molar-refractivity contribution in [3.05, 3.63) is 36.9 Å². The first kappa shape index (κ1) is 14.1. The van der Waals surface area contributed by atoms with Crippen molar-refractivity contribution in [1.29, 1.82) is 0 Å². The van der Waals surface area contributed by atoms with Crippen molar-refractivity contribution >= 4 is 17.5 Å². The molecule has 0 aliphatic carbocycles. The van der Waals surface area contributed by atoms with Gasteiger partial charge in [-0.05, 0) is 12.1 Å². The molecule has 106 valence electrons. The van der Waals surface area contributed by atoms with Crippen LogP contribution in [0.3, 0.4) is 0 Å². The first-order valence-corrected chi connectivity index (χ1v) is 6.31. The molecule has 20 heavy (non-hydrogen) atoms. The molecule has 1 unspecified atom stereocenters. The minimum Gasteiger partial charge on any atom is -0.487 e. The first-order valence-electron chi connectivity index (χ1n) is 6.31. The zero-order valence-corrected chi connectivity index (χ0v) is 11.0. The van der Waals surface area contributed by atoms with Gasteiger partial charge >= 0.3 is 0 Å². The van der Waals surface area contributed by atoms with Crippen molar-refractivity contribution < 1.29 is 14.3 Å². The monoisotopic (exact) mass is 275 g/mol. The summed E-state index contributed by atoms with van der Waals surface area (Å²) in [5.41, 5.74) is 2.74. The second-order valence-electron chi connectivity index (χ2n) is 4.48. The molecule has 6 heteroatoms. The first-order chi connectivity index (χ1) is 9.67. The number of hydrogen-bond donors (Lipinski definition) is 2. The van der Waals surface area contributed by atoms with Crippen molar-refractivity contribution in [2.45, 2.75) is 6.42 Å². The Labute approximate surface area is 117 Å². The van der Waals surface area contributed by atoms with Gasteiger partial charge in [-0.1, -0.05) is 24.8 Å². The van der Waals surface area contributed by atoms with Crippen LogP contribution < -0.4 is 20.9 Å². The van der Waals surface area contributed by atoms with Gasteiger partial charge in [0.2, 0.25) is 11.8 Å². The Morgan fingerprint density at radius 2 is 2.30 bits per heavy atom. The second-order valence-corrected chi connectivity index (χ2v) is 4.48. The number of ether oxygens (including phenoxy) is 1. The number of nitrogens with one attached hydrogen (secondary N) is 1. The standard InChI is InChI=1S/C14H17N3O3/c1-2-7-20-12-6-4-3-5-11(12)17-9-10(8-13(17)18)14(19)16-15/h2-6,10H,1,7-9,15H2,(H,16,19). The summed E-state index contributed by atoms with van der Waals surface area (Å²) in [6.07, 6.45) is 1.78. The van der Waals surface area contributed by atoms with Gasteiger partial charge in [0.1, 0.15) is 12.4 Å². The van der Waals surface area contributed by atoms with Gasteiger partial charge in [0, 0.05) is 13.0 Å². The summed E-state index contributed by atoms with van der Waals surface area (Å²) in [5, 5.41) is 0. The van der Waals surface area contributed by atoms with Crippen LogP contribution in [0, 0.1) is 5.92 Å². The van der Waals surface area contributed by atoms with Crippen LogP contribution in [0.5, 0.6) is 5.75 Å². The van der Waals surface area contributed by atoms with E-state index in [2.05, 4.69) is 12.0 Å². The van der Waals surface area contributed by atoms with E-state index >= 15 is 0 Å². The molecular formula is C14H17N3O3. The summed E-state index contributed by atoms with van der Waals surface area (Å²) >= 11 is 0. The van der Waals surface area contributed by atoms with Crippen molar-refractivity contribution in [2.24, 2.45) is 11.8 Å². The fourth-order valence-electron chi connectivity index (χ4n) is 2.18. The molecule has 0 radical (unpaired) electrons. The summed E-state index contributed by atoms with van der Waals surface area (Å²) in [5.74, 6) is 4.83. The van der Waals surface area contributed by atoms with Crippen LogP contribution >= 0.6 is 0 Å². The number of hydrogen-bond acceptors (Lipinski definition) is 4. The molecule has 2 rings (SSSR count). The minimum atomic E-state index is -0.431. The van der Waals surface area contributed by atoms with E-state index in [-0.39, 0.29) is 18.2 Å². The van der Waals surface area contributed by atoms with Crippen molar-refractivity contribution in [3.63, 3.8) is 0 Å². The number of amides is 2. The summed E-state index contributed by atoms with van der Waals surface area (Å²) in [7, 11) is 0. The normalized spacial score (nSPS) is 17.9. The lowest BCUT2D eigenvalue weighted by Gasteiger charge is -2.19. The number of carbonyl (C=O) groups excluding carboxylic acids is 2. The lowest BCUT2D eigenvalue weighted by atomic mass is 10.1. The molecular weight excluding hydrogens is 258 g/mol. The second kappa shape index (κ2) is 6.21. The van der Waals surface area contributed by atoms with Gasteiger partial charge in [-0.3, -0.25) is 15.0 Å². The van der Waals surface area contributed by atoms with Gasteiger partial charge in [-0.2, -0.15) is 0 Å². The number of nitrogens with zero attached hydrogens (tertiary/aromatic N) is 1. The number of benzene rings is 1. The van der Waals surface area contributed by atoms with Crippen LogP contribution in [0.25, 0.3) is 0 Å². The van der Waals surface area contributed by atoms with E-state index in [1.165, 1.54) is 0 Å². The van der Waals surface area contributed by atoms with Gasteiger partial charge in [0.15, 0.2) is 0 Å². The maximum atomic E-state index is 12.1. The molecule has 0 spiro atoms. The number of rotatable bonds is 5. The highest BCUT2D eigenvalue weighted by Crippen LogP contribution is 2.32. The third-order valence-electron chi connectivity index (χ3n) is 3.15. The number of para-hydroxylation sites is 2. The molecule has 0 aromatic heterocycles. The SMILES string of the molecule is C=CCOc1ccccc1N1CC(C(=O)NN)CC1=O. The molecule has 1 saturated heterocycles. The Balaban J connectivity index is 2.21. The smallest absolute Gasteiger partial charge is 0.239 e. The van der Waals surface area contributed by atoms with E-state index in [4.69, 9.17) is 10.6 Å². The average molecular weight is 275 g/mol. The highest BCUT2D eigenvalue weighted by Gasteiger charge is 2.35. The number of hydrazine groups is 1. The lowest BCUT2D eigenvalue weighted by Crippen LogP contribution is -2.37. The molecule has 1 heterocycles. The molecule has 6 nitrogen and oxygen atoms in total. The highest BCUT2D eigenvalue weighted by atomic mass is 16.5. The van der Waals surface area contributed by atoms with Gasteiger partial charge in [-0.25, -0.2) is 5.84 Å². The summed E-state index contributed by atoms with van der Waals surface area (Å²) in [4.78, 5) is 25.1. The fraction of sp³-hybridized carbons (Fsp3) is 0.286. The summed E-state index contributed by atoms with van der Waals surface area (Å²) in [6, 6.07) is 7.22. The van der Waals surface area contributed by atoms with E-state index in [1.807, 2.05) is 12.1 Å². The van der Waals surface area contributed by atoms with Gasteiger partial charge in [0.05, 0.1) is 11.6 Å². The maximum Gasteiger partial charge on any atom is 0.239 e. The molecule has 1 aliphatic heterocycles. The summed E-state index contributed by atoms with van der Waals surface area (Å²) < 4.78 is 5.53. The van der Waals surface area contributed by atoms with E-state index < -0.39 is 5.92 Å². The van der Waals surface area contributed by atoms with Gasteiger partial charge in [0.25, 0.3) is 0 Å². The van der Waals surface area contributed by atoms with Crippen LogP contribution in [0.1, 0.15) is 6.42 Å². The van der Waals surface area contributed by atoms with Crippen molar-refractivity contribution in [1.82, 2.24) is 5.43 Å². The summed E-state index contributed by atoms with van der Waals surface area (Å²) in [6.45, 7) is 4.25. The van der Waals surface area contributed by atoms with Crippen LogP contribution in [0.4, 0.5) is 5.69 Å². The van der Waals surface area contributed by atoms with E-state index in [0.717, 1.165) is 0 Å². The molecule has 2 amide bonds. The van der Waals surface area contributed by atoms with E-state index in [1.54, 1.807) is 23.1 Å². The molecule has 1 aromatic carbocycles. The average Bonchev–Trinajstić information content (AvgIpc) is 2.86. The van der Waals surface area contributed by atoms with Crippen LogP contribution in [0.2, 0.25) is 0 Å². The Bertz CT molecular complexity index is 530. The van der Waals surface area contributed by atoms with Crippen LogP contribution in [0.15, 0.2) is 36.9 Å². The number of carbonyl (C=O) groups is 2. The Morgan fingerprint density at radius 1 is 1.55 bits per heavy atom. The molecule has 0 saturated carbocycles. The fourth-order valence-corrected chi connectivity index (χ4v) is 2.18. The zero-order valence-electron chi connectivity index (χ0n) is 11.0. The number of anilines is 1. The highest BCUT2D eigenvalue weighted by molar-refractivity contribution is 6.01. The predicted octanol–water partition coefficient (Wildman–Crippen LogP) is 0.594. The van der Waals surface area contributed by atoms with Crippen LogP contribution in [-0.4, -0.2) is 25.0 Å². The van der Waals surface area contributed by atoms with Crippen molar-refractivity contribution in [3.8, 4) is 5.75 Å². The predicted molar refractivity (Wildman–Crippen MR) is 74.9 cm³/mol. The molecule has 0 bridgehead atoms. The third kappa shape index (κ3) is 2.80. The van der Waals surface area contributed by atoms with Crippen molar-refractivity contribution in [2.75, 3.05) is 18.1 Å². The van der Waals surface area contributed by atoms with E-state index in [0.29, 0.717) is 24.6 Å². The molecule has 1 atom stereocenters. The largest absolute Gasteiger partial charge is 0.487 e. The maximum absolute atomic E-state index is 12.1. The Morgan fingerprint density at radius 3 is 3.00 bits per heavy atom. The molecule has 1 aliphatic rings. The molecule has 1 fully saturated rings. The third-order valence-corrected chi connectivity index (χ3v) is 3.15. The van der Waals surface area contributed by atoms with Crippen LogP contribution in [-0.2, 0) is 9.59 Å². The van der Waals surface area contributed by atoms with E-state index in [9.17, 15) is 9.59 Å². The zero-order chi connectivity index (χ0) is 14.5. The molecule has 1 aromatic rings. The quantitative estimate of drug-likeness (QED) is 0.356.